The zero-order valence-electron chi connectivity index (χ0n) is 9.41. The first kappa shape index (κ1) is 12.6. The second kappa shape index (κ2) is 5.61. The highest BCUT2D eigenvalue weighted by molar-refractivity contribution is 6.32. The molecule has 0 unspecified atom stereocenters. The van der Waals surface area contributed by atoms with Crippen molar-refractivity contribution >= 4 is 23.2 Å². The normalized spacial score (nSPS) is 11.8. The van der Waals surface area contributed by atoms with E-state index in [0.717, 1.165) is 0 Å². The molecule has 1 atom stereocenters. The molecule has 88 valence electrons. The van der Waals surface area contributed by atoms with Gasteiger partial charge in [0.15, 0.2) is 0 Å². The summed E-state index contributed by atoms with van der Waals surface area (Å²) in [5, 5.41) is 2.06. The minimum absolute atomic E-state index is 0.284. The molecule has 0 saturated carbocycles. The molecule has 0 fully saturated rings. The summed E-state index contributed by atoms with van der Waals surface area (Å²) >= 11 is 5.66. The lowest BCUT2D eigenvalue weighted by Crippen LogP contribution is -2.20. The SMILES string of the molecule is COc1ccc(OC)c(NC(=O)[C@@H](C)Cl)c1. The highest BCUT2D eigenvalue weighted by Gasteiger charge is 2.12. The summed E-state index contributed by atoms with van der Waals surface area (Å²) in [7, 11) is 3.08. The van der Waals surface area contributed by atoms with E-state index in [0.29, 0.717) is 17.2 Å². The maximum absolute atomic E-state index is 11.4. The van der Waals surface area contributed by atoms with Crippen LogP contribution in [0.25, 0.3) is 0 Å². The number of carbonyl (C=O) groups excluding carboxylic acids is 1. The minimum Gasteiger partial charge on any atom is -0.497 e. The average molecular weight is 244 g/mol. The number of hydrogen-bond donors (Lipinski definition) is 1. The average Bonchev–Trinajstić information content (AvgIpc) is 2.28. The van der Waals surface area contributed by atoms with Gasteiger partial charge in [-0.2, -0.15) is 0 Å². The van der Waals surface area contributed by atoms with Gasteiger partial charge in [0.2, 0.25) is 5.91 Å². The number of halogens is 1. The molecule has 0 saturated heterocycles. The highest BCUT2D eigenvalue weighted by Crippen LogP contribution is 2.29. The fraction of sp³-hybridized carbons (Fsp3) is 0.364. The van der Waals surface area contributed by atoms with Gasteiger partial charge in [0.25, 0.3) is 0 Å². The van der Waals surface area contributed by atoms with Crippen LogP contribution in [-0.4, -0.2) is 25.5 Å². The van der Waals surface area contributed by atoms with Gasteiger partial charge in [0.05, 0.1) is 19.9 Å². The lowest BCUT2D eigenvalue weighted by atomic mass is 10.2. The molecule has 0 aliphatic rings. The van der Waals surface area contributed by atoms with E-state index < -0.39 is 5.38 Å². The number of nitrogens with one attached hydrogen (secondary N) is 1. The molecule has 0 bridgehead atoms. The van der Waals surface area contributed by atoms with E-state index in [1.165, 1.54) is 7.11 Å². The first-order valence-corrected chi connectivity index (χ1v) is 5.19. The van der Waals surface area contributed by atoms with E-state index in [2.05, 4.69) is 5.32 Å². The Labute approximate surface area is 99.5 Å². The van der Waals surface area contributed by atoms with Crippen LogP contribution in [0.1, 0.15) is 6.92 Å². The molecule has 5 heteroatoms. The maximum atomic E-state index is 11.4. The molecule has 1 aromatic rings. The van der Waals surface area contributed by atoms with Gasteiger partial charge in [-0.3, -0.25) is 4.79 Å². The van der Waals surface area contributed by atoms with Crippen LogP contribution in [0, 0.1) is 0 Å². The van der Waals surface area contributed by atoms with E-state index in [1.807, 2.05) is 0 Å². The summed E-state index contributed by atoms with van der Waals surface area (Å²) < 4.78 is 10.2. The molecule has 0 radical (unpaired) electrons. The van der Waals surface area contributed by atoms with Crippen LogP contribution in [0.3, 0.4) is 0 Å². The van der Waals surface area contributed by atoms with Gasteiger partial charge in [-0.1, -0.05) is 0 Å². The predicted molar refractivity (Wildman–Crippen MR) is 63.5 cm³/mol. The zero-order valence-corrected chi connectivity index (χ0v) is 10.2. The quantitative estimate of drug-likeness (QED) is 0.826. The molecule has 0 heterocycles. The second-order valence-electron chi connectivity index (χ2n) is 3.17. The molecule has 0 aliphatic heterocycles. The van der Waals surface area contributed by atoms with E-state index in [-0.39, 0.29) is 5.91 Å². The predicted octanol–water partition coefficient (Wildman–Crippen LogP) is 2.27. The Morgan fingerprint density at radius 2 is 2.06 bits per heavy atom. The van der Waals surface area contributed by atoms with Crippen LogP contribution in [0.15, 0.2) is 18.2 Å². The number of carbonyl (C=O) groups is 1. The summed E-state index contributed by atoms with van der Waals surface area (Å²) in [6, 6.07) is 5.14. The third-order valence-corrected chi connectivity index (χ3v) is 2.22. The number of ether oxygens (including phenoxy) is 2. The molecular weight excluding hydrogens is 230 g/mol. The van der Waals surface area contributed by atoms with Crippen molar-refractivity contribution in [2.24, 2.45) is 0 Å². The molecule has 16 heavy (non-hydrogen) atoms. The molecule has 0 spiro atoms. The van der Waals surface area contributed by atoms with Crippen LogP contribution in [0.5, 0.6) is 11.5 Å². The number of alkyl halides is 1. The maximum Gasteiger partial charge on any atom is 0.242 e. The van der Waals surface area contributed by atoms with Gasteiger partial charge < -0.3 is 14.8 Å². The lowest BCUT2D eigenvalue weighted by Gasteiger charge is -2.12. The van der Waals surface area contributed by atoms with Gasteiger partial charge in [-0.25, -0.2) is 0 Å². The van der Waals surface area contributed by atoms with Crippen molar-refractivity contribution in [3.63, 3.8) is 0 Å². The topological polar surface area (TPSA) is 47.6 Å². The number of amides is 1. The van der Waals surface area contributed by atoms with Crippen LogP contribution in [-0.2, 0) is 4.79 Å². The lowest BCUT2D eigenvalue weighted by molar-refractivity contribution is -0.115. The highest BCUT2D eigenvalue weighted by atomic mass is 35.5. The Kier molecular flexibility index (Phi) is 4.43. The summed E-state index contributed by atoms with van der Waals surface area (Å²) in [6.07, 6.45) is 0. The fourth-order valence-electron chi connectivity index (χ4n) is 1.14. The molecule has 1 amide bonds. The van der Waals surface area contributed by atoms with Crippen molar-refractivity contribution in [1.29, 1.82) is 0 Å². The van der Waals surface area contributed by atoms with Gasteiger partial charge in [0, 0.05) is 6.07 Å². The fourth-order valence-corrected chi connectivity index (χ4v) is 1.20. The van der Waals surface area contributed by atoms with E-state index in [1.54, 1.807) is 32.2 Å². The van der Waals surface area contributed by atoms with Crippen LogP contribution in [0.4, 0.5) is 5.69 Å². The van der Waals surface area contributed by atoms with Crippen molar-refractivity contribution in [3.05, 3.63) is 18.2 Å². The van der Waals surface area contributed by atoms with E-state index in [9.17, 15) is 4.79 Å². The van der Waals surface area contributed by atoms with Crippen molar-refractivity contribution in [1.82, 2.24) is 0 Å². The summed E-state index contributed by atoms with van der Waals surface area (Å²) in [5.74, 6) is 0.915. The van der Waals surface area contributed by atoms with Gasteiger partial charge in [0.1, 0.15) is 16.9 Å². The van der Waals surface area contributed by atoms with Crippen molar-refractivity contribution in [3.8, 4) is 11.5 Å². The number of anilines is 1. The molecule has 1 aromatic carbocycles. The van der Waals surface area contributed by atoms with Gasteiger partial charge in [-0.15, -0.1) is 11.6 Å². The monoisotopic (exact) mass is 243 g/mol. The van der Waals surface area contributed by atoms with Crippen molar-refractivity contribution < 1.29 is 14.3 Å². The Bertz CT molecular complexity index is 379. The molecule has 0 aliphatic carbocycles. The smallest absolute Gasteiger partial charge is 0.242 e. The molecule has 0 aromatic heterocycles. The molecule has 1 rings (SSSR count). The summed E-state index contributed by atoms with van der Waals surface area (Å²) in [5.41, 5.74) is 0.541. The van der Waals surface area contributed by atoms with E-state index in [4.69, 9.17) is 21.1 Å². The Balaban J connectivity index is 2.95. The number of benzene rings is 1. The zero-order chi connectivity index (χ0) is 12.1. The van der Waals surface area contributed by atoms with Crippen LogP contribution < -0.4 is 14.8 Å². The second-order valence-corrected chi connectivity index (χ2v) is 3.83. The number of methoxy groups -OCH3 is 2. The molecule has 1 N–H and O–H groups in total. The first-order valence-electron chi connectivity index (χ1n) is 4.75. The summed E-state index contributed by atoms with van der Waals surface area (Å²) in [4.78, 5) is 11.4. The van der Waals surface area contributed by atoms with Crippen LogP contribution >= 0.6 is 11.6 Å². The Hall–Kier alpha value is -1.42. The van der Waals surface area contributed by atoms with E-state index >= 15 is 0 Å². The Morgan fingerprint density at radius 1 is 1.38 bits per heavy atom. The summed E-state index contributed by atoms with van der Waals surface area (Å²) in [6.45, 7) is 1.60. The Morgan fingerprint density at radius 3 is 2.56 bits per heavy atom. The largest absolute Gasteiger partial charge is 0.497 e. The van der Waals surface area contributed by atoms with Crippen molar-refractivity contribution in [2.75, 3.05) is 19.5 Å². The molecular formula is C11H14ClNO3. The first-order chi connectivity index (χ1) is 7.58. The number of rotatable bonds is 4. The standard InChI is InChI=1S/C11H14ClNO3/c1-7(12)11(14)13-9-6-8(15-2)4-5-10(9)16-3/h4-7H,1-3H3,(H,13,14)/t7-/m1/s1. The van der Waals surface area contributed by atoms with Gasteiger partial charge >= 0.3 is 0 Å². The third kappa shape index (κ3) is 3.03. The third-order valence-electron chi connectivity index (χ3n) is 2.03. The van der Waals surface area contributed by atoms with Gasteiger partial charge in [-0.05, 0) is 19.1 Å². The van der Waals surface area contributed by atoms with Crippen LogP contribution in [0.2, 0.25) is 0 Å². The number of hydrogen-bond acceptors (Lipinski definition) is 3. The molecule has 4 nitrogen and oxygen atoms in total. The minimum atomic E-state index is -0.601. The van der Waals surface area contributed by atoms with Crippen molar-refractivity contribution in [2.45, 2.75) is 12.3 Å².